The fraction of sp³-hybridized carbons (Fsp3) is 0.978. The number of carbonyl (C=O) groups excluding carboxylic acids is 1. The van der Waals surface area contributed by atoms with Crippen molar-refractivity contribution in [1.82, 2.24) is 0 Å². The first-order valence-corrected chi connectivity index (χ1v) is 25.2. The van der Waals surface area contributed by atoms with Gasteiger partial charge in [0.15, 0.2) is 0 Å². The van der Waals surface area contributed by atoms with Gasteiger partial charge < -0.3 is 27.9 Å². The lowest BCUT2D eigenvalue weighted by Crippen LogP contribution is -2.37. The number of nitrogens with zero attached hydrogens (tertiary/aromatic N) is 1. The van der Waals surface area contributed by atoms with E-state index in [9.17, 15) is 14.3 Å². The van der Waals surface area contributed by atoms with Gasteiger partial charge in [0, 0.05) is 13.0 Å². The summed E-state index contributed by atoms with van der Waals surface area (Å²) >= 11 is 0. The van der Waals surface area contributed by atoms with Crippen molar-refractivity contribution in [3.8, 4) is 0 Å². The number of hydrogen-bond acceptors (Lipinski definition) is 7. The van der Waals surface area contributed by atoms with Crippen molar-refractivity contribution in [2.75, 3.05) is 54.1 Å². The second-order valence-corrected chi connectivity index (χ2v) is 18.9. The monoisotopic (exact) mass is 804 g/mol. The zero-order chi connectivity index (χ0) is 40.6. The molecule has 0 aliphatic heterocycles. The molecule has 0 heterocycles. The van der Waals surface area contributed by atoms with Crippen LogP contribution in [0.3, 0.4) is 0 Å². The molecule has 0 aromatic heterocycles. The molecule has 2 unspecified atom stereocenters. The predicted octanol–water partition coefficient (Wildman–Crippen LogP) is 13.4. The third-order valence-corrected chi connectivity index (χ3v) is 11.6. The van der Waals surface area contributed by atoms with E-state index in [4.69, 9.17) is 18.5 Å². The molecule has 0 aromatic rings. The second-order valence-electron chi connectivity index (χ2n) is 17.5. The molecule has 0 spiro atoms. The van der Waals surface area contributed by atoms with Crippen LogP contribution >= 0.6 is 7.82 Å². The largest absolute Gasteiger partial charge is 0.756 e. The number of phosphoric ester groups is 1. The lowest BCUT2D eigenvalue weighted by Gasteiger charge is -2.28. The molecular weight excluding hydrogens is 709 g/mol. The molecule has 0 saturated carbocycles. The zero-order valence-corrected chi connectivity index (χ0v) is 38.3. The zero-order valence-electron chi connectivity index (χ0n) is 37.4. The fourth-order valence-corrected chi connectivity index (χ4v) is 7.69. The highest BCUT2D eigenvalue weighted by molar-refractivity contribution is 7.45. The third-order valence-electron chi connectivity index (χ3n) is 10.7. The van der Waals surface area contributed by atoms with Crippen LogP contribution in [0.5, 0.6) is 0 Å². The van der Waals surface area contributed by atoms with Gasteiger partial charge in [-0.1, -0.05) is 213 Å². The Morgan fingerprint density at radius 2 is 0.836 bits per heavy atom. The Balaban J connectivity index is 4.05. The number of hydrogen-bond donors (Lipinski definition) is 0. The van der Waals surface area contributed by atoms with Crippen molar-refractivity contribution in [2.45, 2.75) is 238 Å². The van der Waals surface area contributed by atoms with Gasteiger partial charge >= 0.3 is 5.97 Å². The van der Waals surface area contributed by atoms with E-state index in [1.54, 1.807) is 0 Å². The lowest BCUT2D eigenvalue weighted by atomic mass is 10.0. The standard InChI is InChI=1S/C46H94NO7P/c1-6-8-10-12-14-16-18-19-20-21-22-23-24-25-26-27-28-29-31-33-35-37-39-46(48)54-45(44-53-55(49,50)52-42-40-47(3,4)5)43-51-41-38-36-34-32-30-17-15-13-11-9-7-2/h45H,6-44H2,1-5H3. The van der Waals surface area contributed by atoms with E-state index in [-0.39, 0.29) is 25.8 Å². The molecule has 0 N–H and O–H groups in total. The number of likely N-dealkylation sites (N-methyl/N-ethyl adjacent to an activating group) is 1. The van der Waals surface area contributed by atoms with E-state index in [1.165, 1.54) is 180 Å². The molecule has 0 fully saturated rings. The number of ether oxygens (including phenoxy) is 2. The minimum Gasteiger partial charge on any atom is -0.756 e. The van der Waals surface area contributed by atoms with E-state index in [0.29, 0.717) is 24.1 Å². The third kappa shape index (κ3) is 44.4. The Morgan fingerprint density at radius 1 is 0.491 bits per heavy atom. The summed E-state index contributed by atoms with van der Waals surface area (Å²) in [5.41, 5.74) is 0. The highest BCUT2D eigenvalue weighted by Crippen LogP contribution is 2.38. The lowest BCUT2D eigenvalue weighted by molar-refractivity contribution is -0.870. The van der Waals surface area contributed by atoms with Gasteiger partial charge in [-0.15, -0.1) is 0 Å². The normalized spacial score (nSPS) is 13.6. The summed E-state index contributed by atoms with van der Waals surface area (Å²) in [6.07, 6.45) is 42.6. The molecule has 0 saturated heterocycles. The summed E-state index contributed by atoms with van der Waals surface area (Å²) in [5.74, 6) is -0.327. The van der Waals surface area contributed by atoms with Crippen LogP contribution in [0.25, 0.3) is 0 Å². The van der Waals surface area contributed by atoms with Crippen LogP contribution in [-0.2, 0) is 27.9 Å². The molecular formula is C46H94NO7P. The van der Waals surface area contributed by atoms with E-state index in [2.05, 4.69) is 13.8 Å². The molecule has 0 radical (unpaired) electrons. The second kappa shape index (κ2) is 40.3. The number of quaternary nitrogens is 1. The van der Waals surface area contributed by atoms with Crippen molar-refractivity contribution in [3.05, 3.63) is 0 Å². The van der Waals surface area contributed by atoms with Crippen LogP contribution in [0.2, 0.25) is 0 Å². The Morgan fingerprint density at radius 3 is 1.20 bits per heavy atom. The molecule has 330 valence electrons. The van der Waals surface area contributed by atoms with E-state index in [0.717, 1.165) is 32.1 Å². The summed E-state index contributed by atoms with van der Waals surface area (Å²) in [7, 11) is 1.37. The molecule has 8 nitrogen and oxygen atoms in total. The molecule has 0 aliphatic rings. The summed E-state index contributed by atoms with van der Waals surface area (Å²) in [6.45, 7) is 5.47. The Kier molecular flexibility index (Phi) is 39.9. The van der Waals surface area contributed by atoms with Gasteiger partial charge in [0.25, 0.3) is 7.82 Å². The van der Waals surface area contributed by atoms with E-state index in [1.807, 2.05) is 21.1 Å². The highest BCUT2D eigenvalue weighted by Gasteiger charge is 2.20. The molecule has 9 heteroatoms. The van der Waals surface area contributed by atoms with Crippen molar-refractivity contribution >= 4 is 13.8 Å². The highest BCUT2D eigenvalue weighted by atomic mass is 31.2. The first-order chi connectivity index (χ1) is 26.6. The van der Waals surface area contributed by atoms with Gasteiger partial charge in [0.2, 0.25) is 0 Å². The first-order valence-electron chi connectivity index (χ1n) is 23.8. The first kappa shape index (κ1) is 54.5. The smallest absolute Gasteiger partial charge is 0.306 e. The van der Waals surface area contributed by atoms with Gasteiger partial charge in [-0.25, -0.2) is 0 Å². The van der Waals surface area contributed by atoms with Gasteiger partial charge in [-0.05, 0) is 12.8 Å². The van der Waals surface area contributed by atoms with Crippen molar-refractivity contribution in [2.24, 2.45) is 0 Å². The van der Waals surface area contributed by atoms with Crippen molar-refractivity contribution in [3.63, 3.8) is 0 Å². The SMILES string of the molecule is CCCCCCCCCCCCCCCCCCCCCCCCC(=O)OC(COCCCCCCCCCCCCC)COP(=O)([O-])OCC[N+](C)(C)C. The van der Waals surface area contributed by atoms with Gasteiger partial charge in [0.05, 0.1) is 34.4 Å². The summed E-state index contributed by atoms with van der Waals surface area (Å²) < 4.78 is 34.6. The summed E-state index contributed by atoms with van der Waals surface area (Å²) in [4.78, 5) is 25.1. The average Bonchev–Trinajstić information content (AvgIpc) is 3.13. The maximum absolute atomic E-state index is 12.7. The molecule has 0 rings (SSSR count). The average molecular weight is 804 g/mol. The molecule has 0 aliphatic carbocycles. The molecule has 0 amide bonds. The summed E-state index contributed by atoms with van der Waals surface area (Å²) in [6, 6.07) is 0. The Labute approximate surface area is 342 Å². The van der Waals surface area contributed by atoms with E-state index < -0.39 is 13.9 Å². The Bertz CT molecular complexity index is 853. The van der Waals surface area contributed by atoms with E-state index >= 15 is 0 Å². The molecule has 0 bridgehead atoms. The van der Waals surface area contributed by atoms with Gasteiger partial charge in [0.1, 0.15) is 19.3 Å². The van der Waals surface area contributed by atoms with Crippen LogP contribution in [0.1, 0.15) is 232 Å². The fourth-order valence-electron chi connectivity index (χ4n) is 6.96. The number of rotatable bonds is 45. The maximum Gasteiger partial charge on any atom is 0.306 e. The van der Waals surface area contributed by atoms with Crippen LogP contribution in [0.15, 0.2) is 0 Å². The van der Waals surface area contributed by atoms with Crippen LogP contribution in [0, 0.1) is 0 Å². The number of unbranched alkanes of at least 4 members (excludes halogenated alkanes) is 31. The minimum atomic E-state index is -4.51. The van der Waals surface area contributed by atoms with Gasteiger partial charge in [-0.2, -0.15) is 0 Å². The van der Waals surface area contributed by atoms with Crippen molar-refractivity contribution < 1.29 is 37.3 Å². The maximum atomic E-state index is 12.7. The molecule has 0 aromatic carbocycles. The summed E-state index contributed by atoms with van der Waals surface area (Å²) in [5, 5.41) is 0. The topological polar surface area (TPSA) is 94.1 Å². The van der Waals surface area contributed by atoms with Crippen LogP contribution in [-0.4, -0.2) is 70.7 Å². The predicted molar refractivity (Wildman–Crippen MR) is 231 cm³/mol. The van der Waals surface area contributed by atoms with Crippen molar-refractivity contribution in [1.29, 1.82) is 0 Å². The minimum absolute atomic E-state index is 0.0313. The van der Waals surface area contributed by atoms with Gasteiger partial charge in [-0.3, -0.25) is 9.36 Å². The molecule has 55 heavy (non-hydrogen) atoms. The van der Waals surface area contributed by atoms with Crippen LogP contribution in [0.4, 0.5) is 0 Å². The number of phosphoric acid groups is 1. The number of carbonyl (C=O) groups is 1. The quantitative estimate of drug-likeness (QED) is 0.0262. The number of esters is 1. The van der Waals surface area contributed by atoms with Crippen LogP contribution < -0.4 is 4.89 Å². The Hall–Kier alpha value is -0.500. The molecule has 2 atom stereocenters.